The largest absolute Gasteiger partial charge is 0.377 e. The molecule has 1 saturated heterocycles. The lowest BCUT2D eigenvalue weighted by molar-refractivity contribution is 0.383. The van der Waals surface area contributed by atoms with Crippen LogP contribution in [0.2, 0.25) is 5.02 Å². The average Bonchev–Trinajstić information content (AvgIpc) is 2.83. The van der Waals surface area contributed by atoms with Crippen LogP contribution in [0.5, 0.6) is 0 Å². The van der Waals surface area contributed by atoms with Crippen molar-refractivity contribution >= 4 is 43.9 Å². The number of pyridine rings is 1. The quantitative estimate of drug-likeness (QED) is 0.536. The average molecular weight is 536 g/mol. The molecule has 0 unspecified atom stereocenters. The first-order chi connectivity index (χ1) is 16.9. The van der Waals surface area contributed by atoms with Crippen molar-refractivity contribution in [2.45, 2.75) is 13.0 Å². The van der Waals surface area contributed by atoms with Crippen LogP contribution < -0.4 is 15.8 Å². The minimum absolute atomic E-state index is 0.00455. The third-order valence-corrected chi connectivity index (χ3v) is 7.89. The van der Waals surface area contributed by atoms with E-state index in [1.165, 1.54) is 17.4 Å². The van der Waals surface area contributed by atoms with E-state index in [-0.39, 0.29) is 53.9 Å². The lowest BCUT2D eigenvalue weighted by atomic mass is 9.98. The summed E-state index contributed by atoms with van der Waals surface area (Å²) in [6.07, 6.45) is 1.11. The van der Waals surface area contributed by atoms with Gasteiger partial charge in [0.15, 0.2) is 5.82 Å². The molecule has 4 rings (SSSR count). The van der Waals surface area contributed by atoms with E-state index in [4.69, 9.17) is 11.6 Å². The summed E-state index contributed by atoms with van der Waals surface area (Å²) in [5.74, 6) is -1.40. The van der Waals surface area contributed by atoms with Gasteiger partial charge in [0.05, 0.1) is 22.9 Å². The van der Waals surface area contributed by atoms with E-state index >= 15 is 4.39 Å². The number of rotatable bonds is 5. The van der Waals surface area contributed by atoms with Crippen LogP contribution in [0.4, 0.5) is 20.3 Å². The molecule has 0 bridgehead atoms. The van der Waals surface area contributed by atoms with E-state index < -0.39 is 33.3 Å². The van der Waals surface area contributed by atoms with Gasteiger partial charge in [0, 0.05) is 49.7 Å². The van der Waals surface area contributed by atoms with Crippen LogP contribution in [0.3, 0.4) is 0 Å². The fraction of sp³-hybridized carbons (Fsp3) is 0.333. The number of sulfonamides is 1. The number of nitriles is 1. The molecule has 0 saturated carbocycles. The highest BCUT2D eigenvalue weighted by Crippen LogP contribution is 2.34. The Balaban J connectivity index is 1.82. The van der Waals surface area contributed by atoms with Gasteiger partial charge in [-0.05, 0) is 42.8 Å². The molecule has 1 fully saturated rings. The van der Waals surface area contributed by atoms with Gasteiger partial charge in [0.2, 0.25) is 10.0 Å². The van der Waals surface area contributed by atoms with E-state index in [1.54, 1.807) is 24.0 Å². The number of benzene rings is 2. The Morgan fingerprint density at radius 2 is 1.81 bits per heavy atom. The van der Waals surface area contributed by atoms with Crippen LogP contribution in [0.1, 0.15) is 24.1 Å². The van der Waals surface area contributed by atoms with Gasteiger partial charge in [-0.15, -0.1) is 0 Å². The van der Waals surface area contributed by atoms with Gasteiger partial charge in [0.25, 0.3) is 5.56 Å². The number of hydrogen-bond donors (Lipinski definition) is 1. The zero-order valence-electron chi connectivity index (χ0n) is 19.8. The van der Waals surface area contributed by atoms with Crippen LogP contribution in [0, 0.1) is 23.0 Å². The fourth-order valence-corrected chi connectivity index (χ4v) is 5.55. The molecule has 8 nitrogen and oxygen atoms in total. The van der Waals surface area contributed by atoms with E-state index in [9.17, 15) is 22.9 Å². The van der Waals surface area contributed by atoms with Crippen LogP contribution in [-0.2, 0) is 17.1 Å². The molecule has 1 aliphatic heterocycles. The van der Waals surface area contributed by atoms with Crippen molar-refractivity contribution in [1.29, 1.82) is 5.26 Å². The van der Waals surface area contributed by atoms with Crippen molar-refractivity contribution in [2.75, 3.05) is 42.7 Å². The highest BCUT2D eigenvalue weighted by atomic mass is 35.5. The predicted octanol–water partition coefficient (Wildman–Crippen LogP) is 3.60. The Kier molecular flexibility index (Phi) is 6.96. The molecule has 190 valence electrons. The number of nitrogens with one attached hydrogen (secondary N) is 1. The highest BCUT2D eigenvalue weighted by molar-refractivity contribution is 7.88. The first kappa shape index (κ1) is 25.9. The Labute approximate surface area is 212 Å². The Morgan fingerprint density at radius 3 is 2.42 bits per heavy atom. The van der Waals surface area contributed by atoms with E-state index in [0.717, 1.165) is 23.0 Å². The fourth-order valence-electron chi connectivity index (χ4n) is 4.55. The summed E-state index contributed by atoms with van der Waals surface area (Å²) in [6, 6.07) is 8.18. The van der Waals surface area contributed by atoms with Crippen LogP contribution in [0.15, 0.2) is 35.1 Å². The first-order valence-corrected chi connectivity index (χ1v) is 13.3. The number of piperazine rings is 1. The topological polar surface area (TPSA) is 98.4 Å². The van der Waals surface area contributed by atoms with Crippen molar-refractivity contribution in [3.8, 4) is 6.07 Å². The lowest BCUT2D eigenvalue weighted by Crippen LogP contribution is -2.49. The van der Waals surface area contributed by atoms with E-state index in [0.29, 0.717) is 10.7 Å². The summed E-state index contributed by atoms with van der Waals surface area (Å²) in [7, 11) is -1.99. The van der Waals surface area contributed by atoms with Gasteiger partial charge in [-0.1, -0.05) is 11.6 Å². The van der Waals surface area contributed by atoms with Crippen LogP contribution >= 0.6 is 11.6 Å². The highest BCUT2D eigenvalue weighted by Gasteiger charge is 2.29. The number of aromatic nitrogens is 1. The van der Waals surface area contributed by atoms with Gasteiger partial charge in [-0.2, -0.15) is 9.57 Å². The predicted molar refractivity (Wildman–Crippen MR) is 136 cm³/mol. The molecule has 1 aliphatic rings. The number of anilines is 2. The number of fused-ring (bicyclic) bond motifs is 1. The molecule has 0 radical (unpaired) electrons. The molecular weight excluding hydrogens is 512 g/mol. The monoisotopic (exact) mass is 535 g/mol. The second kappa shape index (κ2) is 9.69. The molecule has 36 heavy (non-hydrogen) atoms. The Morgan fingerprint density at radius 1 is 1.14 bits per heavy atom. The van der Waals surface area contributed by atoms with Gasteiger partial charge in [-0.25, -0.2) is 17.2 Å². The third-order valence-electron chi connectivity index (χ3n) is 6.35. The first-order valence-electron chi connectivity index (χ1n) is 11.1. The summed E-state index contributed by atoms with van der Waals surface area (Å²) < 4.78 is 56.9. The SMILES string of the molecule is C[C@@H](Nc1ccc(Cl)cc1C#N)c1cc(F)cc2c(=O)n(C)c(N3CCN(S(C)(=O)=O)CC3)c(F)c12. The molecule has 2 heterocycles. The van der Waals surface area contributed by atoms with E-state index in [1.807, 2.05) is 6.07 Å². The van der Waals surface area contributed by atoms with Crippen molar-refractivity contribution < 1.29 is 17.2 Å². The summed E-state index contributed by atoms with van der Waals surface area (Å²) in [6.45, 7) is 2.33. The Bertz CT molecular complexity index is 1560. The summed E-state index contributed by atoms with van der Waals surface area (Å²) in [4.78, 5) is 14.8. The Hall–Kier alpha value is -3.20. The molecule has 1 N–H and O–H groups in total. The normalized spacial score (nSPS) is 15.6. The molecule has 3 aromatic rings. The number of halogens is 3. The van der Waals surface area contributed by atoms with E-state index in [2.05, 4.69) is 5.32 Å². The second-order valence-corrected chi connectivity index (χ2v) is 11.2. The molecule has 1 atom stereocenters. The molecule has 0 spiro atoms. The third kappa shape index (κ3) is 4.76. The maximum Gasteiger partial charge on any atom is 0.260 e. The standard InChI is InChI=1S/C24H24ClF2N5O3S/c1-14(29-20-5-4-16(25)10-15(20)13-28)18-11-17(26)12-19-21(18)22(27)23(30(2)24(19)33)31-6-8-32(9-7-31)36(3,34)35/h4-5,10-12,14,29H,6-9H2,1-3H3/t14-/m1/s1. The van der Waals surface area contributed by atoms with Crippen LogP contribution in [0.25, 0.3) is 10.8 Å². The minimum atomic E-state index is -3.39. The zero-order valence-corrected chi connectivity index (χ0v) is 21.4. The van der Waals surface area contributed by atoms with Gasteiger partial charge < -0.3 is 10.2 Å². The smallest absolute Gasteiger partial charge is 0.260 e. The van der Waals surface area contributed by atoms with Crippen molar-refractivity contribution in [3.05, 3.63) is 68.5 Å². The second-order valence-electron chi connectivity index (χ2n) is 8.74. The maximum absolute atomic E-state index is 16.2. The number of hydrogen-bond acceptors (Lipinski definition) is 6. The summed E-state index contributed by atoms with van der Waals surface area (Å²) in [5, 5.41) is 12.8. The molecule has 0 amide bonds. The van der Waals surface area contributed by atoms with Crippen molar-refractivity contribution in [3.63, 3.8) is 0 Å². The maximum atomic E-state index is 16.2. The summed E-state index contributed by atoms with van der Waals surface area (Å²) in [5.41, 5.74) is 0.309. The molecule has 1 aromatic heterocycles. The number of nitrogens with zero attached hydrogens (tertiary/aromatic N) is 4. The van der Waals surface area contributed by atoms with Gasteiger partial charge >= 0.3 is 0 Å². The van der Waals surface area contributed by atoms with Gasteiger partial charge in [-0.3, -0.25) is 9.36 Å². The van der Waals surface area contributed by atoms with Gasteiger partial charge in [0.1, 0.15) is 17.7 Å². The lowest BCUT2D eigenvalue weighted by Gasteiger charge is -2.35. The molecule has 2 aromatic carbocycles. The minimum Gasteiger partial charge on any atom is -0.377 e. The summed E-state index contributed by atoms with van der Waals surface area (Å²) >= 11 is 5.97. The van der Waals surface area contributed by atoms with Crippen molar-refractivity contribution in [2.24, 2.45) is 7.05 Å². The molecule has 12 heteroatoms. The molecular formula is C24H24ClF2N5O3S. The zero-order chi connectivity index (χ0) is 26.4. The van der Waals surface area contributed by atoms with Crippen molar-refractivity contribution in [1.82, 2.24) is 8.87 Å². The van der Waals surface area contributed by atoms with Crippen LogP contribution in [-0.4, -0.2) is 49.7 Å². The molecule has 0 aliphatic carbocycles.